The summed E-state index contributed by atoms with van der Waals surface area (Å²) in [4.78, 5) is 17.5. The fourth-order valence-corrected chi connectivity index (χ4v) is 3.03. The normalized spacial score (nSPS) is 11.3. The number of para-hydroxylation sites is 2. The third-order valence-electron chi connectivity index (χ3n) is 4.48. The highest BCUT2D eigenvalue weighted by molar-refractivity contribution is 6.17. The fraction of sp³-hybridized carbons (Fsp3) is 0.273. The second-order valence-electron chi connectivity index (χ2n) is 6.36. The number of rotatable bonds is 9. The van der Waals surface area contributed by atoms with Gasteiger partial charge in [-0.2, -0.15) is 0 Å². The summed E-state index contributed by atoms with van der Waals surface area (Å²) in [5.74, 6) is 1.14. The van der Waals surface area contributed by atoms with Gasteiger partial charge in [0, 0.05) is 24.7 Å². The average molecular weight is 414 g/mol. The van der Waals surface area contributed by atoms with Crippen LogP contribution in [0.25, 0.3) is 5.69 Å². The first-order valence-corrected chi connectivity index (χ1v) is 9.90. The zero-order chi connectivity index (χ0) is 20.6. The lowest BCUT2D eigenvalue weighted by Crippen LogP contribution is -2.19. The van der Waals surface area contributed by atoms with Crippen molar-refractivity contribution < 1.29 is 9.47 Å². The molecule has 0 atom stereocenters. The quantitative estimate of drug-likeness (QED) is 0.304. The van der Waals surface area contributed by atoms with Crippen LogP contribution in [0.15, 0.2) is 64.4 Å². The van der Waals surface area contributed by atoms with Gasteiger partial charge in [0.25, 0.3) is 5.56 Å². The van der Waals surface area contributed by atoms with Gasteiger partial charge in [-0.3, -0.25) is 9.48 Å². The van der Waals surface area contributed by atoms with Crippen LogP contribution in [0.1, 0.15) is 11.3 Å². The maximum absolute atomic E-state index is 13.0. The number of alkyl halides is 1. The fourth-order valence-electron chi connectivity index (χ4n) is 2.92. The van der Waals surface area contributed by atoms with E-state index in [0.717, 1.165) is 16.9 Å². The molecule has 0 radical (unpaired) electrons. The van der Waals surface area contributed by atoms with E-state index in [9.17, 15) is 4.79 Å². The molecule has 152 valence electrons. The lowest BCUT2D eigenvalue weighted by molar-refractivity contribution is 0.111. The minimum atomic E-state index is -0.166. The summed E-state index contributed by atoms with van der Waals surface area (Å²) in [6, 6.07) is 17.1. The van der Waals surface area contributed by atoms with Crippen LogP contribution in [-0.2, 0) is 11.8 Å². The van der Waals surface area contributed by atoms with Crippen LogP contribution in [0.2, 0.25) is 0 Å². The first-order chi connectivity index (χ1) is 14.1. The number of aromatic nitrogens is 2. The Morgan fingerprint density at radius 3 is 2.52 bits per heavy atom. The molecule has 0 fully saturated rings. The van der Waals surface area contributed by atoms with Gasteiger partial charge in [-0.1, -0.05) is 30.3 Å². The molecule has 29 heavy (non-hydrogen) atoms. The number of halogens is 1. The second-order valence-corrected chi connectivity index (χ2v) is 6.73. The molecule has 0 aliphatic rings. The van der Waals surface area contributed by atoms with Crippen LogP contribution >= 0.6 is 11.6 Å². The van der Waals surface area contributed by atoms with Crippen molar-refractivity contribution in [2.24, 2.45) is 12.0 Å². The Kier molecular flexibility index (Phi) is 7.27. The first kappa shape index (κ1) is 20.9. The number of nitrogens with zero attached hydrogens (tertiary/aromatic N) is 3. The van der Waals surface area contributed by atoms with E-state index >= 15 is 0 Å². The lowest BCUT2D eigenvalue weighted by atomic mass is 10.2. The van der Waals surface area contributed by atoms with Gasteiger partial charge in [0.05, 0.1) is 24.6 Å². The Balaban J connectivity index is 1.83. The second kappa shape index (κ2) is 10.1. The molecular weight excluding hydrogens is 390 g/mol. The Hall–Kier alpha value is -2.83. The van der Waals surface area contributed by atoms with E-state index in [-0.39, 0.29) is 5.56 Å². The summed E-state index contributed by atoms with van der Waals surface area (Å²) in [7, 11) is 1.85. The van der Waals surface area contributed by atoms with E-state index in [4.69, 9.17) is 21.1 Å². The molecule has 1 aromatic heterocycles. The highest BCUT2D eigenvalue weighted by Crippen LogP contribution is 2.20. The van der Waals surface area contributed by atoms with Gasteiger partial charge in [-0.15, -0.1) is 11.6 Å². The summed E-state index contributed by atoms with van der Waals surface area (Å²) >= 11 is 5.59. The average Bonchev–Trinajstić information content (AvgIpc) is 2.96. The van der Waals surface area contributed by atoms with Gasteiger partial charge in [0.2, 0.25) is 0 Å². The Bertz CT molecular complexity index is 1030. The summed E-state index contributed by atoms with van der Waals surface area (Å²) in [5.41, 5.74) is 2.60. The molecule has 0 N–H and O–H groups in total. The third-order valence-corrected chi connectivity index (χ3v) is 4.64. The minimum absolute atomic E-state index is 0.166. The maximum Gasteiger partial charge on any atom is 0.297 e. The molecule has 0 aliphatic carbocycles. The zero-order valence-electron chi connectivity index (χ0n) is 16.5. The van der Waals surface area contributed by atoms with Gasteiger partial charge in [-0.25, -0.2) is 9.67 Å². The molecule has 0 bridgehead atoms. The molecule has 3 rings (SSSR count). The molecule has 2 aromatic carbocycles. The molecule has 3 aromatic rings. The summed E-state index contributed by atoms with van der Waals surface area (Å²) in [6.07, 6.45) is 1.66. The number of hydrogen-bond acceptors (Lipinski definition) is 4. The van der Waals surface area contributed by atoms with E-state index in [0.29, 0.717) is 37.1 Å². The summed E-state index contributed by atoms with van der Waals surface area (Å²) < 4.78 is 14.5. The molecule has 0 aliphatic heterocycles. The van der Waals surface area contributed by atoms with Gasteiger partial charge in [0.1, 0.15) is 12.4 Å². The lowest BCUT2D eigenvalue weighted by Gasteiger charge is -2.08. The first-order valence-electron chi connectivity index (χ1n) is 9.37. The van der Waals surface area contributed by atoms with Crippen molar-refractivity contribution in [1.29, 1.82) is 0 Å². The van der Waals surface area contributed by atoms with Gasteiger partial charge in [0.15, 0.2) is 5.69 Å². The minimum Gasteiger partial charge on any atom is -0.491 e. The van der Waals surface area contributed by atoms with Crippen LogP contribution < -0.4 is 10.3 Å². The summed E-state index contributed by atoms with van der Waals surface area (Å²) in [6.45, 7) is 3.24. The Morgan fingerprint density at radius 2 is 1.76 bits per heavy atom. The van der Waals surface area contributed by atoms with Crippen molar-refractivity contribution in [3.05, 3.63) is 76.2 Å². The van der Waals surface area contributed by atoms with Gasteiger partial charge in [-0.05, 0) is 31.2 Å². The molecule has 0 saturated carbocycles. The topological polar surface area (TPSA) is 57.8 Å². The Labute approximate surface area is 175 Å². The largest absolute Gasteiger partial charge is 0.491 e. The Morgan fingerprint density at radius 1 is 1.03 bits per heavy atom. The highest BCUT2D eigenvalue weighted by atomic mass is 35.5. The molecule has 6 nitrogen and oxygen atoms in total. The highest BCUT2D eigenvalue weighted by Gasteiger charge is 2.15. The summed E-state index contributed by atoms with van der Waals surface area (Å²) in [5, 5.41) is 0. The maximum atomic E-state index is 13.0. The van der Waals surface area contributed by atoms with Crippen molar-refractivity contribution in [2.75, 3.05) is 25.7 Å². The number of hydrogen-bond donors (Lipinski definition) is 0. The van der Waals surface area contributed by atoms with Crippen LogP contribution in [-0.4, -0.2) is 41.3 Å². The van der Waals surface area contributed by atoms with Crippen LogP contribution in [0.4, 0.5) is 5.69 Å². The predicted octanol–water partition coefficient (Wildman–Crippen LogP) is 3.87. The molecule has 0 amide bonds. The molecule has 1 heterocycles. The van der Waals surface area contributed by atoms with Crippen molar-refractivity contribution >= 4 is 23.5 Å². The molecule has 7 heteroatoms. The van der Waals surface area contributed by atoms with E-state index in [1.54, 1.807) is 15.6 Å². The number of aliphatic imine (C=N–C) groups is 1. The number of benzene rings is 2. The third kappa shape index (κ3) is 4.96. The van der Waals surface area contributed by atoms with Gasteiger partial charge >= 0.3 is 0 Å². The number of ether oxygens (including phenoxy) is 2. The van der Waals surface area contributed by atoms with Crippen LogP contribution in [0, 0.1) is 6.92 Å². The van der Waals surface area contributed by atoms with Crippen LogP contribution in [0.3, 0.4) is 0 Å². The van der Waals surface area contributed by atoms with E-state index < -0.39 is 0 Å². The smallest absolute Gasteiger partial charge is 0.297 e. The molecule has 0 saturated heterocycles. The van der Waals surface area contributed by atoms with Crippen molar-refractivity contribution in [3.8, 4) is 11.4 Å². The van der Waals surface area contributed by atoms with Crippen molar-refractivity contribution in [1.82, 2.24) is 9.36 Å². The molecule has 0 spiro atoms. The van der Waals surface area contributed by atoms with E-state index in [2.05, 4.69) is 4.99 Å². The van der Waals surface area contributed by atoms with E-state index in [1.165, 1.54) is 0 Å². The standard InChI is InChI=1S/C22H24ClN3O3/c1-17-21(22(27)26(25(17)2)19-9-4-3-5-10-19)24-16-18-8-6-7-11-20(18)29-15-14-28-13-12-23/h3-11,16H,12-15H2,1-2H3. The predicted molar refractivity (Wildman–Crippen MR) is 116 cm³/mol. The van der Waals surface area contributed by atoms with Gasteiger partial charge < -0.3 is 9.47 Å². The van der Waals surface area contributed by atoms with Crippen molar-refractivity contribution in [3.63, 3.8) is 0 Å². The van der Waals surface area contributed by atoms with E-state index in [1.807, 2.05) is 68.6 Å². The molecule has 0 unspecified atom stereocenters. The molecular formula is C22H24ClN3O3. The van der Waals surface area contributed by atoms with Crippen LogP contribution in [0.5, 0.6) is 5.75 Å². The monoisotopic (exact) mass is 413 g/mol. The zero-order valence-corrected chi connectivity index (χ0v) is 17.3. The van der Waals surface area contributed by atoms with Crippen molar-refractivity contribution in [2.45, 2.75) is 6.92 Å². The SMILES string of the molecule is Cc1c(N=Cc2ccccc2OCCOCCCl)c(=O)n(-c2ccccc2)n1C.